The Balaban J connectivity index is 1.04. The first-order chi connectivity index (χ1) is 30.2. The molecule has 3 aliphatic rings. The molecule has 13 rings (SSSR count). The van der Waals surface area contributed by atoms with Gasteiger partial charge >= 0.3 is 0 Å². The van der Waals surface area contributed by atoms with Gasteiger partial charge in [-0.25, -0.2) is 0 Å². The summed E-state index contributed by atoms with van der Waals surface area (Å²) in [5.41, 5.74) is 19.3. The van der Waals surface area contributed by atoms with Crippen molar-refractivity contribution in [1.82, 2.24) is 0 Å². The topological polar surface area (TPSA) is 29.5 Å². The summed E-state index contributed by atoms with van der Waals surface area (Å²) < 4.78 is 14.4. The molecule has 0 fully saturated rings. The lowest BCUT2D eigenvalue weighted by atomic mass is 9.24. The Morgan fingerprint density at radius 2 is 1.07 bits per heavy atom. The van der Waals surface area contributed by atoms with Gasteiger partial charge in [0.2, 0.25) is 0 Å². The molecule has 1 aliphatic carbocycles. The summed E-state index contributed by atoms with van der Waals surface area (Å²) in [5, 5.41) is 2.26. The van der Waals surface area contributed by atoms with E-state index in [0.29, 0.717) is 0 Å². The molecule has 0 unspecified atom stereocenters. The number of para-hydroxylation sites is 3. The average Bonchev–Trinajstić information content (AvgIpc) is 4.05. The molecule has 2 aromatic heterocycles. The molecule has 2 aliphatic heterocycles. The van der Waals surface area contributed by atoms with Crippen molar-refractivity contribution in [3.8, 4) is 22.3 Å². The molecule has 4 heterocycles. The van der Waals surface area contributed by atoms with Crippen LogP contribution in [0.25, 0.3) is 50.3 Å². The molecule has 0 radical (unpaired) electrons. The Kier molecular flexibility index (Phi) is 7.79. The van der Waals surface area contributed by atoms with Gasteiger partial charge in [-0.3, -0.25) is 0 Å². The fourth-order valence-electron chi connectivity index (χ4n) is 10.2. The minimum atomic E-state index is -0.201. The van der Waals surface area contributed by atoms with Crippen LogP contribution in [0, 0.1) is 0 Å². The molecule has 0 saturated heterocycles. The molecule has 6 heteroatoms. The second-order valence-corrected chi connectivity index (χ2v) is 17.4. The van der Waals surface area contributed by atoms with E-state index in [4.69, 9.17) is 8.83 Å². The molecule has 0 N–H and O–H groups in total. The highest BCUT2D eigenvalue weighted by atomic mass is 32.2. The normalized spacial score (nSPS) is 13.6. The second kappa shape index (κ2) is 13.7. The SMILES string of the molecule is C1=Cc2cc3c4c(oc3cc2C1)B(c1ccc(-c2ccccc2)c(-c2ccccc2)c1)c1c(oc2ccccc12)B4c1ccc(N2c3ccccc3Sc3ccccc32)cc1. The zero-order chi connectivity index (χ0) is 40.0. The predicted octanol–water partition coefficient (Wildman–Crippen LogP) is 10.4. The third-order valence-electron chi connectivity index (χ3n) is 12.9. The molecule has 61 heavy (non-hydrogen) atoms. The van der Waals surface area contributed by atoms with Crippen molar-refractivity contribution in [3.63, 3.8) is 0 Å². The lowest BCUT2D eigenvalue weighted by molar-refractivity contribution is 0.647. The first-order valence-electron chi connectivity index (χ1n) is 21.0. The molecule has 0 bridgehead atoms. The van der Waals surface area contributed by atoms with E-state index in [1.807, 2.05) is 11.8 Å². The van der Waals surface area contributed by atoms with Crippen molar-refractivity contribution in [3.05, 3.63) is 205 Å². The van der Waals surface area contributed by atoms with Gasteiger partial charge < -0.3 is 13.7 Å². The van der Waals surface area contributed by atoms with Crippen molar-refractivity contribution in [1.29, 1.82) is 0 Å². The number of anilines is 3. The highest BCUT2D eigenvalue weighted by Crippen LogP contribution is 2.51. The summed E-state index contributed by atoms with van der Waals surface area (Å²) in [5.74, 6) is 0. The Bertz CT molecular complexity index is 3340. The first kappa shape index (κ1) is 34.7. The van der Waals surface area contributed by atoms with Gasteiger partial charge in [0.15, 0.2) is 0 Å². The van der Waals surface area contributed by atoms with Crippen molar-refractivity contribution < 1.29 is 8.83 Å². The molecule has 284 valence electrons. The van der Waals surface area contributed by atoms with E-state index >= 15 is 0 Å². The van der Waals surface area contributed by atoms with Gasteiger partial charge in [-0.05, 0) is 105 Å². The van der Waals surface area contributed by atoms with Crippen LogP contribution in [0.15, 0.2) is 213 Å². The van der Waals surface area contributed by atoms with Crippen molar-refractivity contribution in [2.75, 3.05) is 4.90 Å². The summed E-state index contributed by atoms with van der Waals surface area (Å²) in [6.45, 7) is -0.394. The maximum Gasteiger partial charge on any atom is 0.290 e. The number of hydrogen-bond donors (Lipinski definition) is 0. The Hall–Kier alpha value is -7.14. The largest absolute Gasteiger partial charge is 0.471 e. The van der Waals surface area contributed by atoms with E-state index < -0.39 is 0 Å². The fraction of sp³-hybridized carbons (Fsp3) is 0.0182. The number of rotatable bonds is 5. The lowest BCUT2D eigenvalue weighted by Gasteiger charge is -2.33. The molecule has 8 aromatic carbocycles. The second-order valence-electron chi connectivity index (χ2n) is 16.3. The van der Waals surface area contributed by atoms with E-state index in [1.165, 1.54) is 76.4 Å². The molecule has 0 amide bonds. The van der Waals surface area contributed by atoms with Gasteiger partial charge in [0.05, 0.1) is 22.7 Å². The first-order valence-corrected chi connectivity index (χ1v) is 21.8. The Morgan fingerprint density at radius 3 is 1.80 bits per heavy atom. The summed E-state index contributed by atoms with van der Waals surface area (Å²) >= 11 is 1.83. The molecule has 3 nitrogen and oxygen atoms in total. The number of benzene rings is 8. The van der Waals surface area contributed by atoms with Crippen LogP contribution in [-0.2, 0) is 6.42 Å². The van der Waals surface area contributed by atoms with Gasteiger partial charge in [0, 0.05) is 26.3 Å². The van der Waals surface area contributed by atoms with Gasteiger partial charge in [-0.15, -0.1) is 0 Å². The number of nitrogens with zero attached hydrogens (tertiary/aromatic N) is 1. The van der Waals surface area contributed by atoms with Crippen molar-refractivity contribution in [2.24, 2.45) is 0 Å². The number of furan rings is 2. The summed E-state index contributed by atoms with van der Waals surface area (Å²) in [6, 6.07) is 68.2. The van der Waals surface area contributed by atoms with Gasteiger partial charge in [0.1, 0.15) is 11.2 Å². The highest BCUT2D eigenvalue weighted by Gasteiger charge is 2.47. The van der Waals surface area contributed by atoms with E-state index in [1.54, 1.807) is 0 Å². The van der Waals surface area contributed by atoms with Crippen molar-refractivity contribution in [2.45, 2.75) is 16.2 Å². The van der Waals surface area contributed by atoms with Gasteiger partial charge in [-0.2, -0.15) is 0 Å². The van der Waals surface area contributed by atoms with Crippen LogP contribution >= 0.6 is 11.8 Å². The lowest BCUT2D eigenvalue weighted by Crippen LogP contribution is -2.73. The third-order valence-corrected chi connectivity index (χ3v) is 14.0. The number of allylic oxidation sites excluding steroid dienone is 1. The van der Waals surface area contributed by atoms with Gasteiger partial charge in [-0.1, -0.05) is 168 Å². The van der Waals surface area contributed by atoms with Gasteiger partial charge in [0.25, 0.3) is 13.4 Å². The molecule has 0 spiro atoms. The Labute approximate surface area is 359 Å². The molecule has 0 saturated carbocycles. The highest BCUT2D eigenvalue weighted by molar-refractivity contribution is 7.99. The van der Waals surface area contributed by atoms with Crippen LogP contribution in [0.2, 0.25) is 0 Å². The van der Waals surface area contributed by atoms with Crippen LogP contribution in [0.1, 0.15) is 11.1 Å². The monoisotopic (exact) mass is 795 g/mol. The molecule has 0 atom stereocenters. The minimum absolute atomic E-state index is 0.193. The standard InChI is InChI=1S/C55H35B2NO2S/c1-3-14-35(15-4-1)42-31-28-40(34-44(42)36-16-5-2-6-17-36)57-52-43-20-7-10-23-48(43)59-54(52)56(53-45-32-37-18-13-19-38(37)33-49(45)60-55(53)57)39-26-29-41(30-27-39)58-46-21-8-11-24-50(46)61-51-25-12-9-22-47(51)58/h1-18,20-34H,19H2. The van der Waals surface area contributed by atoms with Crippen molar-refractivity contribution >= 4 is 103 Å². The smallest absolute Gasteiger partial charge is 0.290 e. The summed E-state index contributed by atoms with van der Waals surface area (Å²) in [6.07, 6.45) is 5.42. The van der Waals surface area contributed by atoms with Crippen LogP contribution in [0.5, 0.6) is 0 Å². The van der Waals surface area contributed by atoms with E-state index in [-0.39, 0.29) is 13.4 Å². The van der Waals surface area contributed by atoms with Crippen LogP contribution in [0.4, 0.5) is 17.1 Å². The van der Waals surface area contributed by atoms with E-state index in [0.717, 1.165) is 45.4 Å². The number of hydrogen-bond acceptors (Lipinski definition) is 4. The summed E-state index contributed by atoms with van der Waals surface area (Å²) in [7, 11) is 0. The van der Waals surface area contributed by atoms with Crippen LogP contribution in [-0.4, -0.2) is 13.4 Å². The maximum absolute atomic E-state index is 7.29. The Morgan fingerprint density at radius 1 is 0.475 bits per heavy atom. The minimum Gasteiger partial charge on any atom is -0.471 e. The number of fused-ring (bicyclic) bond motifs is 9. The fourth-order valence-corrected chi connectivity index (χ4v) is 11.2. The zero-order valence-corrected chi connectivity index (χ0v) is 33.9. The molecular weight excluding hydrogens is 760 g/mol. The summed E-state index contributed by atoms with van der Waals surface area (Å²) in [4.78, 5) is 4.89. The molecule has 10 aromatic rings. The van der Waals surface area contributed by atoms with E-state index in [2.05, 4.69) is 205 Å². The predicted molar refractivity (Wildman–Crippen MR) is 257 cm³/mol. The zero-order valence-electron chi connectivity index (χ0n) is 33.1. The quantitative estimate of drug-likeness (QED) is 0.162. The average molecular weight is 796 g/mol. The van der Waals surface area contributed by atoms with Crippen LogP contribution in [0.3, 0.4) is 0 Å². The van der Waals surface area contributed by atoms with Crippen LogP contribution < -0.4 is 38.1 Å². The van der Waals surface area contributed by atoms with E-state index in [9.17, 15) is 0 Å². The third kappa shape index (κ3) is 5.42. The molecular formula is C55H35B2NO2S. The maximum atomic E-state index is 7.29.